The van der Waals surface area contributed by atoms with Crippen LogP contribution >= 0.6 is 11.3 Å². The average Bonchev–Trinajstić information content (AvgIpc) is 2.71. The third kappa shape index (κ3) is 7.09. The van der Waals surface area contributed by atoms with Crippen molar-refractivity contribution in [2.24, 2.45) is 4.99 Å². The molecule has 2 heterocycles. The first-order chi connectivity index (χ1) is 10.2. The van der Waals surface area contributed by atoms with Gasteiger partial charge in [0.25, 0.3) is 0 Å². The van der Waals surface area contributed by atoms with Gasteiger partial charge in [-0.1, -0.05) is 0 Å². The summed E-state index contributed by atoms with van der Waals surface area (Å²) in [4.78, 5) is 15.3. The molecule has 9 nitrogen and oxygen atoms in total. The first kappa shape index (κ1) is 26.3. The molecular weight excluding hydrogens is 402 g/mol. The van der Waals surface area contributed by atoms with Crippen LogP contribution in [0.15, 0.2) is 28.7 Å². The van der Waals surface area contributed by atoms with E-state index in [0.29, 0.717) is 5.56 Å². The molecule has 0 saturated carbocycles. The Morgan fingerprint density at radius 3 is 2.32 bits per heavy atom. The van der Waals surface area contributed by atoms with Gasteiger partial charge in [-0.05, 0) is 30.2 Å². The molecule has 0 aliphatic carbocycles. The van der Waals surface area contributed by atoms with Crippen LogP contribution in [0.1, 0.15) is 28.4 Å². The quantitative estimate of drug-likeness (QED) is 0.387. The van der Waals surface area contributed by atoms with E-state index in [1.807, 2.05) is 18.5 Å². The second-order valence-electron chi connectivity index (χ2n) is 4.39. The Labute approximate surface area is 176 Å². The van der Waals surface area contributed by atoms with Gasteiger partial charge in [0, 0.05) is 43.8 Å². The third-order valence-electron chi connectivity index (χ3n) is 2.86. The van der Waals surface area contributed by atoms with Crippen molar-refractivity contribution in [3.8, 4) is 0 Å². The summed E-state index contributed by atoms with van der Waals surface area (Å²) in [5.41, 5.74) is 3.35. The zero-order valence-electron chi connectivity index (χ0n) is 12.8. The van der Waals surface area contributed by atoms with Crippen LogP contribution in [0.25, 0.3) is 15.7 Å². The van der Waals surface area contributed by atoms with Crippen molar-refractivity contribution in [3.05, 3.63) is 40.4 Å². The predicted molar refractivity (Wildman–Crippen MR) is 93.5 cm³/mol. The Balaban J connectivity index is 0. The number of allylic oxidation sites excluding steroid dienone is 1. The molecule has 0 atom stereocenters. The second-order valence-corrected chi connectivity index (χ2v) is 6.12. The summed E-state index contributed by atoms with van der Waals surface area (Å²) >= 11 is 1.55. The van der Waals surface area contributed by atoms with Crippen LogP contribution in [0, 0.1) is 0 Å². The zero-order chi connectivity index (χ0) is 16.5. The van der Waals surface area contributed by atoms with Crippen molar-refractivity contribution < 1.29 is 38.4 Å². The Kier molecular flexibility index (Phi) is 10.9. The number of rotatable bonds is 1. The van der Waals surface area contributed by atoms with E-state index in [9.17, 15) is 4.79 Å². The molecule has 0 fully saturated rings. The van der Waals surface area contributed by atoms with Crippen molar-refractivity contribution >= 4 is 87.3 Å². The molecule has 0 radical (unpaired) electrons. The van der Waals surface area contributed by atoms with Gasteiger partial charge >= 0.3 is 43.7 Å². The molecule has 1 aromatic carbocycles. The number of carbonyl (C=O) groups is 1. The molecule has 132 valence electrons. The zero-order valence-corrected chi connectivity index (χ0v) is 16.7. The van der Waals surface area contributed by atoms with Gasteiger partial charge < -0.3 is 25.2 Å². The fraction of sp³-hybridized carbons (Fsp3) is 0.0769. The number of carboxylic acid groups (broad SMARTS) is 1. The summed E-state index contributed by atoms with van der Waals surface area (Å²) < 4.78 is 35.1. The van der Waals surface area contributed by atoms with Crippen LogP contribution in [-0.2, 0) is 10.4 Å². The molecule has 5 N–H and O–H groups in total. The molecule has 2 aromatic rings. The van der Waals surface area contributed by atoms with Crippen LogP contribution in [-0.4, -0.2) is 83.5 Å². The Hall–Kier alpha value is -0.890. The Morgan fingerprint density at radius 1 is 1.24 bits per heavy atom. The summed E-state index contributed by atoms with van der Waals surface area (Å²) in [6, 6.07) is 3.45. The molecule has 0 bridgehead atoms. The van der Waals surface area contributed by atoms with E-state index in [1.165, 1.54) is 0 Å². The molecule has 1 aromatic heterocycles. The van der Waals surface area contributed by atoms with E-state index in [2.05, 4.69) is 4.99 Å². The van der Waals surface area contributed by atoms with E-state index in [-0.39, 0.29) is 48.7 Å². The number of carboxylic acids is 1. The molecule has 3 rings (SSSR count). The van der Waals surface area contributed by atoms with Gasteiger partial charge in [-0.25, -0.2) is 4.79 Å². The number of thiophene rings is 1. The van der Waals surface area contributed by atoms with Crippen LogP contribution in [0.2, 0.25) is 0 Å². The number of hydrogen-bond donors (Lipinski definition) is 1. The molecule has 0 spiro atoms. The Bertz CT molecular complexity index is 909. The van der Waals surface area contributed by atoms with Crippen LogP contribution in [0.3, 0.4) is 0 Å². The number of aromatic carboxylic acids is 1. The molecular formula is C13H13CaNO8S2. The third-order valence-corrected chi connectivity index (χ3v) is 3.80. The number of hydrogen-bond acceptors (Lipinski definition) is 7. The topological polar surface area (TPSA) is 193 Å². The maximum atomic E-state index is 11.1. The molecule has 1 aliphatic rings. The fourth-order valence-electron chi connectivity index (χ4n) is 2.02. The normalized spacial score (nSPS) is 11.6. The maximum Gasteiger partial charge on any atom is 2.00 e. The van der Waals surface area contributed by atoms with Crippen LogP contribution in [0.4, 0.5) is 0 Å². The van der Waals surface area contributed by atoms with E-state index in [1.54, 1.807) is 29.7 Å². The van der Waals surface area contributed by atoms with Gasteiger partial charge in [-0.2, -0.15) is 0 Å². The minimum atomic E-state index is -5.17. The van der Waals surface area contributed by atoms with E-state index < -0.39 is 16.4 Å². The molecule has 0 unspecified atom stereocenters. The number of nitrogens with zero attached hydrogens (tertiary/aromatic N) is 1. The second kappa shape index (κ2) is 10.3. The summed E-state index contributed by atoms with van der Waals surface area (Å²) in [5, 5.41) is 12.2. The molecule has 12 heteroatoms. The summed E-state index contributed by atoms with van der Waals surface area (Å²) in [7, 11) is -5.17. The minimum absolute atomic E-state index is 0. The van der Waals surface area contributed by atoms with Crippen molar-refractivity contribution in [3.63, 3.8) is 0 Å². The van der Waals surface area contributed by atoms with Gasteiger partial charge in [-0.3, -0.25) is 13.4 Å². The Morgan fingerprint density at radius 2 is 1.80 bits per heavy atom. The molecule has 0 amide bonds. The van der Waals surface area contributed by atoms with E-state index >= 15 is 0 Å². The van der Waals surface area contributed by atoms with E-state index in [0.717, 1.165) is 26.8 Å². The van der Waals surface area contributed by atoms with Gasteiger partial charge in [0.2, 0.25) is 0 Å². The summed E-state index contributed by atoms with van der Waals surface area (Å²) in [6.07, 6.45) is 3.59. The first-order valence-corrected chi connectivity index (χ1v) is 8.03. The summed E-state index contributed by atoms with van der Waals surface area (Å²) in [5.74, 6) is -0.893. The minimum Gasteiger partial charge on any atom is -0.759 e. The van der Waals surface area contributed by atoms with Gasteiger partial charge in [0.1, 0.15) is 0 Å². The maximum absolute atomic E-state index is 11.1. The van der Waals surface area contributed by atoms with Crippen molar-refractivity contribution in [2.75, 3.05) is 0 Å². The van der Waals surface area contributed by atoms with Crippen molar-refractivity contribution in [1.29, 1.82) is 0 Å². The number of aliphatic imine (C=N–C) groups is 1. The van der Waals surface area contributed by atoms with Gasteiger partial charge in [0.15, 0.2) is 0 Å². The molecule has 0 saturated heterocycles. The van der Waals surface area contributed by atoms with Crippen LogP contribution < -0.4 is 0 Å². The molecule has 25 heavy (non-hydrogen) atoms. The first-order valence-electron chi connectivity index (χ1n) is 5.82. The van der Waals surface area contributed by atoms with Crippen molar-refractivity contribution in [2.45, 2.75) is 6.92 Å². The van der Waals surface area contributed by atoms with Gasteiger partial charge in [0.05, 0.1) is 5.56 Å². The largest absolute Gasteiger partial charge is 2.00 e. The fourth-order valence-corrected chi connectivity index (χ4v) is 2.99. The standard InChI is InChI=1S/C13H9NO2S.Ca.H2O4S.2H2O/c1-7-4-14-5-9-6-17-11-3-8(13(15)16)2-10(7)12(9)11;;1-5(2,3)4;;/h2-6H,1H3,(H,15,16);;(H2,1,2,3,4);2*1H2/q;+2;;;/p-2. The average molecular weight is 415 g/mol. The van der Waals surface area contributed by atoms with Crippen molar-refractivity contribution in [1.82, 2.24) is 0 Å². The van der Waals surface area contributed by atoms with E-state index in [4.69, 9.17) is 22.6 Å². The molecule has 1 aliphatic heterocycles. The summed E-state index contributed by atoms with van der Waals surface area (Å²) in [6.45, 7) is 1.95. The van der Waals surface area contributed by atoms with Gasteiger partial charge in [-0.15, -0.1) is 11.3 Å². The smallest absolute Gasteiger partial charge is 0.759 e. The predicted octanol–water partition coefficient (Wildman–Crippen LogP) is 0.0246. The number of benzene rings is 1. The SMILES string of the molecule is CC1=CN=Cc2csc3cc(C(=O)O)cc1c23.O.O.O=S(=O)([O-])[O-].[Ca+2]. The monoisotopic (exact) mass is 415 g/mol. The van der Waals surface area contributed by atoms with Crippen LogP contribution in [0.5, 0.6) is 0 Å².